The topological polar surface area (TPSA) is 70.7 Å². The lowest BCUT2D eigenvalue weighted by Gasteiger charge is -2.18. The van der Waals surface area contributed by atoms with Gasteiger partial charge in [0.15, 0.2) is 6.61 Å². The Morgan fingerprint density at radius 3 is 2.39 bits per heavy atom. The molecule has 0 radical (unpaired) electrons. The van der Waals surface area contributed by atoms with Crippen molar-refractivity contribution in [2.24, 2.45) is 0 Å². The molecule has 2 N–H and O–H groups in total. The summed E-state index contributed by atoms with van der Waals surface area (Å²) in [5.74, 6) is 0.311. The first-order valence-electron chi connectivity index (χ1n) is 9.40. The monoisotopic (exact) mass is 383 g/mol. The van der Waals surface area contributed by atoms with Crippen LogP contribution < -0.4 is 15.4 Å². The third kappa shape index (κ3) is 6.01. The molecule has 0 saturated heterocycles. The average molecular weight is 383 g/mol. The molecule has 6 heteroatoms. The number of aryl methyl sites for hydroxylation is 2. The Morgan fingerprint density at radius 2 is 1.79 bits per heavy atom. The van der Waals surface area contributed by atoms with Gasteiger partial charge >= 0.3 is 6.03 Å². The van der Waals surface area contributed by atoms with Gasteiger partial charge in [-0.2, -0.15) is 0 Å². The minimum Gasteiger partial charge on any atom is -0.482 e. The van der Waals surface area contributed by atoms with E-state index in [1.54, 1.807) is 26.2 Å². The molecule has 0 bridgehead atoms. The van der Waals surface area contributed by atoms with E-state index < -0.39 is 0 Å². The summed E-state index contributed by atoms with van der Waals surface area (Å²) >= 11 is 0. The zero-order chi connectivity index (χ0) is 20.7. The SMILES string of the molecule is CCc1ccc(C(C)NC(=O)Nc2ccc(C)cc2OCC(=O)N(C)C)cc1. The summed E-state index contributed by atoms with van der Waals surface area (Å²) in [5, 5.41) is 5.74. The Morgan fingerprint density at radius 1 is 1.11 bits per heavy atom. The van der Waals surface area contributed by atoms with E-state index in [4.69, 9.17) is 4.74 Å². The highest BCUT2D eigenvalue weighted by Gasteiger charge is 2.13. The Labute approximate surface area is 166 Å². The molecule has 2 aromatic rings. The van der Waals surface area contributed by atoms with Crippen molar-refractivity contribution >= 4 is 17.6 Å². The van der Waals surface area contributed by atoms with Crippen molar-refractivity contribution in [3.05, 3.63) is 59.2 Å². The number of ether oxygens (including phenoxy) is 1. The summed E-state index contributed by atoms with van der Waals surface area (Å²) in [6, 6.07) is 13.2. The molecular weight excluding hydrogens is 354 g/mol. The predicted octanol–water partition coefficient (Wildman–Crippen LogP) is 3.91. The molecule has 2 aromatic carbocycles. The van der Waals surface area contributed by atoms with Gasteiger partial charge in [0.25, 0.3) is 5.91 Å². The van der Waals surface area contributed by atoms with Crippen LogP contribution in [0.25, 0.3) is 0 Å². The number of nitrogens with one attached hydrogen (secondary N) is 2. The van der Waals surface area contributed by atoms with Gasteiger partial charge in [-0.25, -0.2) is 4.79 Å². The lowest BCUT2D eigenvalue weighted by molar-refractivity contribution is -0.130. The third-order valence-corrected chi connectivity index (χ3v) is 4.47. The number of hydrogen-bond acceptors (Lipinski definition) is 3. The zero-order valence-corrected chi connectivity index (χ0v) is 17.2. The fourth-order valence-electron chi connectivity index (χ4n) is 2.60. The smallest absolute Gasteiger partial charge is 0.319 e. The standard InChI is InChI=1S/C22H29N3O3/c1-6-17-8-10-18(11-9-17)16(3)23-22(27)24-19-12-7-15(2)13-20(19)28-14-21(26)25(4)5/h7-13,16H,6,14H2,1-5H3,(H2,23,24,27). The fraction of sp³-hybridized carbons (Fsp3) is 0.364. The van der Waals surface area contributed by atoms with Crippen LogP contribution in [-0.4, -0.2) is 37.5 Å². The second-order valence-corrected chi connectivity index (χ2v) is 6.99. The van der Waals surface area contributed by atoms with Gasteiger partial charge in [-0.3, -0.25) is 4.79 Å². The molecule has 1 atom stereocenters. The van der Waals surface area contributed by atoms with E-state index in [0.29, 0.717) is 11.4 Å². The molecule has 6 nitrogen and oxygen atoms in total. The normalized spacial score (nSPS) is 11.5. The number of urea groups is 1. The minimum atomic E-state index is -0.334. The van der Waals surface area contributed by atoms with E-state index in [1.807, 2.05) is 32.0 Å². The van der Waals surface area contributed by atoms with E-state index in [0.717, 1.165) is 17.5 Å². The van der Waals surface area contributed by atoms with Crippen molar-refractivity contribution in [1.29, 1.82) is 0 Å². The molecule has 3 amide bonds. The summed E-state index contributed by atoms with van der Waals surface area (Å²) in [6.45, 7) is 5.87. The maximum atomic E-state index is 12.4. The first kappa shape index (κ1) is 21.3. The van der Waals surface area contributed by atoms with Crippen LogP contribution in [0.5, 0.6) is 5.75 Å². The average Bonchev–Trinajstić information content (AvgIpc) is 2.67. The number of nitrogens with zero attached hydrogens (tertiary/aromatic N) is 1. The first-order chi connectivity index (χ1) is 13.3. The van der Waals surface area contributed by atoms with Crippen molar-refractivity contribution in [3.63, 3.8) is 0 Å². The molecule has 0 saturated carbocycles. The number of amides is 3. The number of hydrogen-bond donors (Lipinski definition) is 2. The van der Waals surface area contributed by atoms with Crippen molar-refractivity contribution in [3.8, 4) is 5.75 Å². The summed E-state index contributed by atoms with van der Waals surface area (Å²) in [7, 11) is 3.34. The highest BCUT2D eigenvalue weighted by atomic mass is 16.5. The van der Waals surface area contributed by atoms with E-state index in [9.17, 15) is 9.59 Å². The van der Waals surface area contributed by atoms with Crippen LogP contribution in [0.2, 0.25) is 0 Å². The molecule has 1 unspecified atom stereocenters. The second-order valence-electron chi connectivity index (χ2n) is 6.99. The number of rotatable bonds is 7. The summed E-state index contributed by atoms with van der Waals surface area (Å²) in [6.07, 6.45) is 0.981. The van der Waals surface area contributed by atoms with Gasteiger partial charge in [-0.05, 0) is 49.1 Å². The third-order valence-electron chi connectivity index (χ3n) is 4.47. The van der Waals surface area contributed by atoms with Gasteiger partial charge in [-0.15, -0.1) is 0 Å². The highest BCUT2D eigenvalue weighted by molar-refractivity contribution is 5.91. The molecule has 0 aromatic heterocycles. The van der Waals surface area contributed by atoms with Crippen LogP contribution in [0.15, 0.2) is 42.5 Å². The van der Waals surface area contributed by atoms with Gasteiger partial charge in [0.1, 0.15) is 5.75 Å². The van der Waals surface area contributed by atoms with Gasteiger partial charge in [0.05, 0.1) is 11.7 Å². The predicted molar refractivity (Wildman–Crippen MR) is 112 cm³/mol. The van der Waals surface area contributed by atoms with Crippen molar-refractivity contribution in [2.45, 2.75) is 33.2 Å². The van der Waals surface area contributed by atoms with Crippen LogP contribution in [0.4, 0.5) is 10.5 Å². The molecule has 28 heavy (non-hydrogen) atoms. The fourth-order valence-corrected chi connectivity index (χ4v) is 2.60. The molecule has 2 rings (SSSR count). The van der Waals surface area contributed by atoms with E-state index in [2.05, 4.69) is 29.7 Å². The number of likely N-dealkylation sites (N-methyl/N-ethyl adjacent to an activating group) is 1. The Hall–Kier alpha value is -3.02. The van der Waals surface area contributed by atoms with Gasteiger partial charge in [0.2, 0.25) is 0 Å². The second kappa shape index (κ2) is 9.78. The summed E-state index contributed by atoms with van der Waals surface area (Å²) < 4.78 is 5.62. The van der Waals surface area contributed by atoms with Crippen LogP contribution in [-0.2, 0) is 11.2 Å². The number of carbonyl (C=O) groups is 2. The zero-order valence-electron chi connectivity index (χ0n) is 17.2. The number of anilines is 1. The Balaban J connectivity index is 2.02. The van der Waals surface area contributed by atoms with Gasteiger partial charge in [0, 0.05) is 14.1 Å². The molecule has 150 valence electrons. The van der Waals surface area contributed by atoms with Crippen molar-refractivity contribution < 1.29 is 14.3 Å². The van der Waals surface area contributed by atoms with Crippen LogP contribution >= 0.6 is 0 Å². The largest absolute Gasteiger partial charge is 0.482 e. The van der Waals surface area contributed by atoms with E-state index in [1.165, 1.54) is 10.5 Å². The summed E-state index contributed by atoms with van der Waals surface area (Å²) in [5.41, 5.74) is 3.78. The van der Waals surface area contributed by atoms with E-state index >= 15 is 0 Å². The molecule has 0 heterocycles. The van der Waals surface area contributed by atoms with Crippen molar-refractivity contribution in [2.75, 3.05) is 26.0 Å². The number of benzene rings is 2. The molecule has 0 aliphatic heterocycles. The quantitative estimate of drug-likeness (QED) is 0.762. The lowest BCUT2D eigenvalue weighted by atomic mass is 10.1. The van der Waals surface area contributed by atoms with Crippen LogP contribution in [0.3, 0.4) is 0 Å². The maximum Gasteiger partial charge on any atom is 0.319 e. The van der Waals surface area contributed by atoms with Crippen LogP contribution in [0, 0.1) is 6.92 Å². The molecule has 0 aliphatic rings. The van der Waals surface area contributed by atoms with Gasteiger partial charge < -0.3 is 20.3 Å². The molecule has 0 fully saturated rings. The highest BCUT2D eigenvalue weighted by Crippen LogP contribution is 2.26. The summed E-state index contributed by atoms with van der Waals surface area (Å²) in [4.78, 5) is 25.7. The molecule has 0 spiro atoms. The van der Waals surface area contributed by atoms with Crippen molar-refractivity contribution in [1.82, 2.24) is 10.2 Å². The Kier molecular flexibility index (Phi) is 7.44. The molecule has 0 aliphatic carbocycles. The number of carbonyl (C=O) groups excluding carboxylic acids is 2. The van der Waals surface area contributed by atoms with Gasteiger partial charge in [-0.1, -0.05) is 37.3 Å². The van der Waals surface area contributed by atoms with E-state index in [-0.39, 0.29) is 24.6 Å². The molecular formula is C22H29N3O3. The minimum absolute atomic E-state index is 0.0903. The lowest BCUT2D eigenvalue weighted by Crippen LogP contribution is -2.31. The van der Waals surface area contributed by atoms with Crippen LogP contribution in [0.1, 0.15) is 36.6 Å². The maximum absolute atomic E-state index is 12.4. The Bertz CT molecular complexity index is 816. The first-order valence-corrected chi connectivity index (χ1v) is 9.40.